The highest BCUT2D eigenvalue weighted by atomic mass is 32.2. The number of aromatic amines is 3. The van der Waals surface area contributed by atoms with Crippen LogP contribution in [0.5, 0.6) is 0 Å². The summed E-state index contributed by atoms with van der Waals surface area (Å²) in [6, 6.07) is 0.176. The fraction of sp³-hybridized carbons (Fsp3) is 0.600. The van der Waals surface area contributed by atoms with Crippen LogP contribution < -0.4 is 48.3 Å². The molecule has 6 rings (SSSR count). The highest BCUT2D eigenvalue weighted by Crippen LogP contribution is 2.25. The molecule has 2 fully saturated rings. The normalized spacial score (nSPS) is 18.1. The first-order valence-corrected chi connectivity index (χ1v) is 31.5. The Kier molecular flexibility index (Phi) is 27.2. The van der Waals surface area contributed by atoms with E-state index in [1.807, 2.05) is 65.0 Å². The minimum absolute atomic E-state index is 0.00866. The lowest BCUT2D eigenvalue weighted by atomic mass is 9.96. The van der Waals surface area contributed by atoms with E-state index < -0.39 is 113 Å². The third kappa shape index (κ3) is 21.3. The van der Waals surface area contributed by atoms with Crippen LogP contribution >= 0.6 is 11.8 Å². The molecule has 2 saturated heterocycles. The smallest absolute Gasteiger partial charge is 0.326 e. The van der Waals surface area contributed by atoms with Gasteiger partial charge in [0.15, 0.2) is 0 Å². The first-order valence-electron chi connectivity index (χ1n) is 30.4. The van der Waals surface area contributed by atoms with Crippen molar-refractivity contribution in [3.8, 4) is 0 Å². The molecule has 0 spiro atoms. The summed E-state index contributed by atoms with van der Waals surface area (Å²) in [6.45, 7) is 12.7. The number of carbonyl (C=O) groups excluding carboxylic acids is 8. The number of amides is 8. The van der Waals surface area contributed by atoms with Crippen molar-refractivity contribution in [2.75, 3.05) is 25.4 Å². The molecule has 14 N–H and O–H groups in total. The van der Waals surface area contributed by atoms with Crippen molar-refractivity contribution in [2.45, 2.75) is 185 Å². The molecule has 8 amide bonds. The molecule has 2 aliphatic heterocycles. The van der Waals surface area contributed by atoms with Gasteiger partial charge in [-0.1, -0.05) is 78.3 Å². The summed E-state index contributed by atoms with van der Waals surface area (Å²) < 4.78 is 0. The van der Waals surface area contributed by atoms with E-state index >= 15 is 0 Å². The SMILES string of the molecule is CC[C@@H](C)[C@H](NC(=O)[C@@H](SC[C@H](CC(C)C)NC(=O)[C@H](Cc1cnc[nH]1)NC(=O)[C@H](Cc1ccccc1)NC(=O)[C@H]1CCCN1C(=O)[C@H](Cc1cnc[nH]1)NC(=O)[C@H]1CCCN1)C(C)C)C(=O)N[C@@H](Cc1cnc[nH]1)C(=O)N[C@H](CCCCN)C(=O)O. The molecule has 1 aromatic carbocycles. The zero-order valence-corrected chi connectivity index (χ0v) is 51.6. The summed E-state index contributed by atoms with van der Waals surface area (Å²) in [4.78, 5) is 149. The average molecular weight is 1230 g/mol. The third-order valence-electron chi connectivity index (χ3n) is 15.7. The molecule has 476 valence electrons. The van der Waals surface area contributed by atoms with Gasteiger partial charge in [-0.05, 0) is 87.8 Å². The molecule has 0 unspecified atom stereocenters. The van der Waals surface area contributed by atoms with E-state index in [2.05, 4.69) is 72.4 Å². The fourth-order valence-corrected chi connectivity index (χ4v) is 12.1. The number of rotatable bonds is 36. The molecule has 11 atom stereocenters. The maximum atomic E-state index is 14.8. The van der Waals surface area contributed by atoms with Crippen LogP contribution in [-0.4, -0.2) is 178 Å². The summed E-state index contributed by atoms with van der Waals surface area (Å²) in [5.74, 6) is -5.89. The number of carboxylic acid groups (broad SMARTS) is 1. The number of likely N-dealkylation sites (tertiary alicyclic amines) is 1. The topological polar surface area (TPSA) is 385 Å². The van der Waals surface area contributed by atoms with Crippen LogP contribution in [0.2, 0.25) is 0 Å². The highest BCUT2D eigenvalue weighted by Gasteiger charge is 2.41. The number of unbranched alkanes of at least 4 members (excludes halogenated alkanes) is 1. The molecule has 0 aliphatic carbocycles. The second-order valence-electron chi connectivity index (χ2n) is 23.5. The number of aromatic nitrogens is 6. The van der Waals surface area contributed by atoms with Crippen molar-refractivity contribution >= 4 is 65.0 Å². The summed E-state index contributed by atoms with van der Waals surface area (Å²) in [6.07, 6.45) is 13.5. The van der Waals surface area contributed by atoms with E-state index in [9.17, 15) is 48.3 Å². The number of thioether (sulfide) groups is 1. The van der Waals surface area contributed by atoms with Crippen molar-refractivity contribution in [1.29, 1.82) is 0 Å². The van der Waals surface area contributed by atoms with Gasteiger partial charge in [-0.15, -0.1) is 11.8 Å². The van der Waals surface area contributed by atoms with E-state index in [1.54, 1.807) is 19.3 Å². The predicted octanol–water partition coefficient (Wildman–Crippen LogP) is 1.33. The Labute approximate surface area is 512 Å². The zero-order valence-electron chi connectivity index (χ0n) is 50.8. The Morgan fingerprint density at radius 1 is 0.655 bits per heavy atom. The molecule has 0 saturated carbocycles. The lowest BCUT2D eigenvalue weighted by Gasteiger charge is -2.31. The number of carbonyl (C=O) groups is 9. The number of imidazole rings is 3. The number of nitrogens with one attached hydrogen (secondary N) is 11. The number of hydrogen-bond donors (Lipinski definition) is 13. The molecule has 0 bridgehead atoms. The Bertz CT molecular complexity index is 2820. The maximum absolute atomic E-state index is 14.8. The molecule has 87 heavy (non-hydrogen) atoms. The van der Waals surface area contributed by atoms with Gasteiger partial charge in [0.25, 0.3) is 0 Å². The van der Waals surface area contributed by atoms with Gasteiger partial charge in [-0.2, -0.15) is 0 Å². The van der Waals surface area contributed by atoms with Gasteiger partial charge in [0, 0.05) is 79.7 Å². The molecule has 0 radical (unpaired) electrons. The van der Waals surface area contributed by atoms with Crippen LogP contribution in [0.1, 0.15) is 122 Å². The van der Waals surface area contributed by atoms with Crippen LogP contribution in [-0.2, 0) is 68.8 Å². The molecule has 2 aliphatic rings. The summed E-state index contributed by atoms with van der Waals surface area (Å²) in [7, 11) is 0. The quantitative estimate of drug-likeness (QED) is 0.0286. The van der Waals surface area contributed by atoms with Gasteiger partial charge >= 0.3 is 5.97 Å². The highest BCUT2D eigenvalue weighted by molar-refractivity contribution is 8.00. The van der Waals surface area contributed by atoms with Crippen molar-refractivity contribution in [3.05, 3.63) is 90.5 Å². The van der Waals surface area contributed by atoms with E-state index in [1.165, 1.54) is 41.8 Å². The van der Waals surface area contributed by atoms with Crippen LogP contribution in [0.15, 0.2) is 67.9 Å². The molecular formula is C60H90N16O10S. The van der Waals surface area contributed by atoms with Gasteiger partial charge in [-0.25, -0.2) is 19.7 Å². The molecular weight excluding hydrogens is 1140 g/mol. The molecule has 4 aromatic rings. The van der Waals surface area contributed by atoms with E-state index in [0.29, 0.717) is 75.1 Å². The van der Waals surface area contributed by atoms with E-state index in [0.717, 1.165) is 12.0 Å². The number of H-pyrrole nitrogens is 3. The monoisotopic (exact) mass is 1230 g/mol. The second-order valence-corrected chi connectivity index (χ2v) is 24.7. The fourth-order valence-electron chi connectivity index (χ4n) is 10.8. The Morgan fingerprint density at radius 2 is 1.22 bits per heavy atom. The lowest BCUT2D eigenvalue weighted by molar-refractivity contribution is -0.142. The largest absolute Gasteiger partial charge is 0.480 e. The van der Waals surface area contributed by atoms with Crippen molar-refractivity contribution in [1.82, 2.24) is 77.3 Å². The number of nitrogens with zero attached hydrogens (tertiary/aromatic N) is 4. The second kappa shape index (κ2) is 34.6. The molecule has 27 heteroatoms. The number of carboxylic acids is 1. The molecule has 3 aromatic heterocycles. The summed E-state index contributed by atoms with van der Waals surface area (Å²) in [5.41, 5.74) is 8.02. The standard InChI is InChI=1S/C60H90N16O10S/c1-7-37(6)50(57(82)73-47(26-40-29-63-33-67-40)55(80)70-44(60(85)86)17-11-12-20-61)75-58(83)51(36(4)5)87-31-42(23-35(2)3)69-53(78)46(25-39-28-62-32-66-39)71-54(79)45(24-38-15-9-8-10-16-38)72-56(81)49-19-14-22-76(49)59(84)48(27-41-30-64-34-68-41)74-52(77)43-18-13-21-65-43/h8-10,15-16,28-30,32-37,42-51,65H,7,11-14,17-27,31,61H2,1-6H3,(H,62,66)(H,63,67)(H,64,68)(H,69,78)(H,70,80)(H,71,79)(H,72,81)(H,73,82)(H,74,77)(H,75,83)(H,85,86)/t37-,42+,43-,44-,45+,46+,47+,48+,49-,50+,51+/m1/s1. The van der Waals surface area contributed by atoms with Gasteiger partial charge in [0.1, 0.15) is 42.3 Å². The van der Waals surface area contributed by atoms with Crippen LogP contribution in [0.3, 0.4) is 0 Å². The summed E-state index contributed by atoms with van der Waals surface area (Å²) in [5, 5.41) is 32.6. The molecule has 5 heterocycles. The first kappa shape index (κ1) is 68.5. The van der Waals surface area contributed by atoms with Crippen LogP contribution in [0.4, 0.5) is 0 Å². The minimum atomic E-state index is -1.23. The van der Waals surface area contributed by atoms with Crippen molar-refractivity contribution in [2.24, 2.45) is 23.5 Å². The van der Waals surface area contributed by atoms with Gasteiger partial charge in [0.05, 0.1) is 30.3 Å². The Hall–Kier alpha value is -7.65. The van der Waals surface area contributed by atoms with Crippen LogP contribution in [0.25, 0.3) is 0 Å². The number of aliphatic carboxylic acids is 1. The maximum Gasteiger partial charge on any atom is 0.326 e. The number of hydrogen-bond acceptors (Lipinski definition) is 15. The lowest BCUT2D eigenvalue weighted by Crippen LogP contribution is -2.59. The number of benzene rings is 1. The third-order valence-corrected chi connectivity index (χ3v) is 17.5. The molecule has 26 nitrogen and oxygen atoms in total. The average Bonchev–Trinajstić information content (AvgIpc) is 3.05. The summed E-state index contributed by atoms with van der Waals surface area (Å²) >= 11 is 1.31. The first-order chi connectivity index (χ1) is 41.7. The number of nitrogens with two attached hydrogens (primary N) is 1. The van der Waals surface area contributed by atoms with Crippen LogP contribution in [0, 0.1) is 17.8 Å². The zero-order chi connectivity index (χ0) is 63.0. The van der Waals surface area contributed by atoms with Crippen molar-refractivity contribution in [3.63, 3.8) is 0 Å². The van der Waals surface area contributed by atoms with Crippen molar-refractivity contribution < 1.29 is 48.3 Å². The van der Waals surface area contributed by atoms with Gasteiger partial charge in [-0.3, -0.25) is 38.4 Å². The van der Waals surface area contributed by atoms with E-state index in [4.69, 9.17) is 5.73 Å². The van der Waals surface area contributed by atoms with Gasteiger partial charge in [0.2, 0.25) is 47.3 Å². The van der Waals surface area contributed by atoms with Gasteiger partial charge < -0.3 is 73.2 Å². The Balaban J connectivity index is 1.16. The van der Waals surface area contributed by atoms with E-state index in [-0.39, 0.29) is 62.1 Å². The Morgan fingerprint density at radius 3 is 1.75 bits per heavy atom. The minimum Gasteiger partial charge on any atom is -0.480 e. The predicted molar refractivity (Wildman–Crippen MR) is 327 cm³/mol.